The molecule has 1 aliphatic carbocycles. The van der Waals surface area contributed by atoms with Crippen molar-refractivity contribution in [3.8, 4) is 5.75 Å². The molecule has 3 nitrogen and oxygen atoms in total. The molecule has 0 saturated carbocycles. The van der Waals surface area contributed by atoms with Crippen LogP contribution in [-0.2, 0) is 29.5 Å². The Balaban J connectivity index is 1.64. The van der Waals surface area contributed by atoms with Crippen LogP contribution in [0.5, 0.6) is 5.75 Å². The number of carbonyl (C=O) groups excluding carboxylic acids is 1. The van der Waals surface area contributed by atoms with E-state index in [1.54, 1.807) is 7.11 Å². The highest BCUT2D eigenvalue weighted by molar-refractivity contribution is 5.92. The third kappa shape index (κ3) is 5.15. The molecule has 0 spiro atoms. The van der Waals surface area contributed by atoms with Gasteiger partial charge in [0.25, 0.3) is 0 Å². The average Bonchev–Trinajstić information content (AvgIpc) is 2.90. The minimum Gasteiger partial charge on any atom is -0.495 e. The number of hydrogen-bond donors (Lipinski definition) is 1. The summed E-state index contributed by atoms with van der Waals surface area (Å²) < 4.78 is 5.55. The van der Waals surface area contributed by atoms with Gasteiger partial charge in [-0.2, -0.15) is 0 Å². The van der Waals surface area contributed by atoms with Gasteiger partial charge in [0.2, 0.25) is 5.91 Å². The number of methoxy groups -OCH3 is 1. The third-order valence-corrected chi connectivity index (χ3v) is 5.65. The van der Waals surface area contributed by atoms with Crippen molar-refractivity contribution in [3.63, 3.8) is 0 Å². The molecule has 0 bridgehead atoms. The third-order valence-electron chi connectivity index (χ3n) is 5.65. The van der Waals surface area contributed by atoms with Crippen LogP contribution in [0.2, 0.25) is 0 Å². The van der Waals surface area contributed by atoms with Crippen LogP contribution in [0, 0.1) is 0 Å². The van der Waals surface area contributed by atoms with Crippen LogP contribution in [0.15, 0.2) is 36.4 Å². The Labute approximate surface area is 169 Å². The van der Waals surface area contributed by atoms with Crippen LogP contribution in [0.1, 0.15) is 68.7 Å². The fraction of sp³-hybridized carbons (Fsp3) is 0.480. The lowest BCUT2D eigenvalue weighted by Crippen LogP contribution is -2.14. The van der Waals surface area contributed by atoms with Crippen molar-refractivity contribution in [2.45, 2.75) is 71.1 Å². The number of benzene rings is 2. The van der Waals surface area contributed by atoms with E-state index < -0.39 is 0 Å². The highest BCUT2D eigenvalue weighted by Gasteiger charge is 2.16. The standard InChI is InChI=1S/C25H33NO2/c1-25(2,3)21-13-10-18(11-14-21)12-15-24(27)26-22-16-19-8-6-5-7-9-20(19)17-23(22)28-4/h10-11,13-14,16-17H,5-9,12,15H2,1-4H3,(H,26,27). The summed E-state index contributed by atoms with van der Waals surface area (Å²) in [4.78, 5) is 12.5. The van der Waals surface area contributed by atoms with Gasteiger partial charge in [-0.15, -0.1) is 0 Å². The van der Waals surface area contributed by atoms with Gasteiger partial charge in [0.15, 0.2) is 0 Å². The van der Waals surface area contributed by atoms with Crippen molar-refractivity contribution >= 4 is 11.6 Å². The Bertz CT molecular complexity index is 816. The monoisotopic (exact) mass is 379 g/mol. The van der Waals surface area contributed by atoms with Crippen LogP contribution >= 0.6 is 0 Å². The molecule has 2 aromatic rings. The number of carbonyl (C=O) groups is 1. The second-order valence-corrected chi connectivity index (χ2v) is 8.88. The van der Waals surface area contributed by atoms with Gasteiger partial charge >= 0.3 is 0 Å². The SMILES string of the molecule is COc1cc2c(cc1NC(=O)CCc1ccc(C(C)(C)C)cc1)CCCCC2. The van der Waals surface area contributed by atoms with Crippen LogP contribution < -0.4 is 10.1 Å². The largest absolute Gasteiger partial charge is 0.495 e. The molecule has 2 aromatic carbocycles. The van der Waals surface area contributed by atoms with Crippen molar-refractivity contribution in [2.75, 3.05) is 12.4 Å². The first-order chi connectivity index (χ1) is 13.4. The zero-order chi connectivity index (χ0) is 20.1. The fourth-order valence-corrected chi connectivity index (χ4v) is 3.85. The van der Waals surface area contributed by atoms with Crippen LogP contribution in [0.4, 0.5) is 5.69 Å². The van der Waals surface area contributed by atoms with E-state index in [1.165, 1.54) is 41.5 Å². The summed E-state index contributed by atoms with van der Waals surface area (Å²) in [7, 11) is 1.67. The lowest BCUT2D eigenvalue weighted by Gasteiger charge is -2.19. The maximum absolute atomic E-state index is 12.5. The van der Waals surface area contributed by atoms with Crippen LogP contribution in [-0.4, -0.2) is 13.0 Å². The van der Waals surface area contributed by atoms with Gasteiger partial charge in [-0.1, -0.05) is 51.5 Å². The number of aryl methyl sites for hydroxylation is 3. The maximum Gasteiger partial charge on any atom is 0.224 e. The van der Waals surface area contributed by atoms with Gasteiger partial charge in [-0.25, -0.2) is 0 Å². The summed E-state index contributed by atoms with van der Waals surface area (Å²) in [6.07, 6.45) is 7.12. The molecule has 3 rings (SSSR count). The van der Waals surface area contributed by atoms with Gasteiger partial charge in [-0.05, 0) is 71.9 Å². The van der Waals surface area contributed by atoms with Gasteiger partial charge in [0, 0.05) is 6.42 Å². The molecule has 150 valence electrons. The first-order valence-electron chi connectivity index (χ1n) is 10.5. The molecular weight excluding hydrogens is 346 g/mol. The Kier molecular flexibility index (Phi) is 6.43. The van der Waals surface area contributed by atoms with E-state index in [0.29, 0.717) is 6.42 Å². The quantitative estimate of drug-likeness (QED) is 0.664. The average molecular weight is 380 g/mol. The van der Waals surface area contributed by atoms with E-state index >= 15 is 0 Å². The minimum atomic E-state index is 0.0340. The Morgan fingerprint density at radius 1 is 1.00 bits per heavy atom. The number of ether oxygens (including phenoxy) is 1. The molecule has 1 aliphatic rings. The Morgan fingerprint density at radius 3 is 2.25 bits per heavy atom. The molecule has 0 aromatic heterocycles. The van der Waals surface area contributed by atoms with Crippen molar-refractivity contribution in [1.29, 1.82) is 0 Å². The second kappa shape index (κ2) is 8.81. The molecule has 0 heterocycles. The Hall–Kier alpha value is -2.29. The van der Waals surface area contributed by atoms with E-state index in [9.17, 15) is 4.79 Å². The van der Waals surface area contributed by atoms with E-state index in [-0.39, 0.29) is 11.3 Å². The Morgan fingerprint density at radius 2 is 1.64 bits per heavy atom. The van der Waals surface area contributed by atoms with Crippen molar-refractivity contribution in [3.05, 3.63) is 58.7 Å². The lowest BCUT2D eigenvalue weighted by atomic mass is 9.86. The minimum absolute atomic E-state index is 0.0340. The molecule has 0 atom stereocenters. The zero-order valence-electron chi connectivity index (χ0n) is 17.7. The normalized spacial score (nSPS) is 14.1. The number of rotatable bonds is 5. The number of amides is 1. The molecule has 0 unspecified atom stereocenters. The molecule has 1 amide bonds. The van der Waals surface area contributed by atoms with E-state index in [1.807, 2.05) is 0 Å². The molecular formula is C25H33NO2. The summed E-state index contributed by atoms with van der Waals surface area (Å²) in [5.41, 5.74) is 6.18. The highest BCUT2D eigenvalue weighted by atomic mass is 16.5. The zero-order valence-corrected chi connectivity index (χ0v) is 17.7. The molecule has 0 saturated heterocycles. The smallest absolute Gasteiger partial charge is 0.224 e. The first-order valence-corrected chi connectivity index (χ1v) is 10.5. The summed E-state index contributed by atoms with van der Waals surface area (Å²) in [5.74, 6) is 0.801. The molecule has 0 radical (unpaired) electrons. The molecule has 3 heteroatoms. The summed E-state index contributed by atoms with van der Waals surface area (Å²) in [5, 5.41) is 3.07. The fourth-order valence-electron chi connectivity index (χ4n) is 3.85. The topological polar surface area (TPSA) is 38.3 Å². The van der Waals surface area contributed by atoms with E-state index in [2.05, 4.69) is 62.5 Å². The first kappa shape index (κ1) is 20.4. The van der Waals surface area contributed by atoms with E-state index in [4.69, 9.17) is 4.74 Å². The summed E-state index contributed by atoms with van der Waals surface area (Å²) >= 11 is 0. The van der Waals surface area contributed by atoms with Crippen molar-refractivity contribution < 1.29 is 9.53 Å². The maximum atomic E-state index is 12.5. The van der Waals surface area contributed by atoms with Gasteiger partial charge in [0.1, 0.15) is 5.75 Å². The van der Waals surface area contributed by atoms with E-state index in [0.717, 1.165) is 30.7 Å². The predicted octanol–water partition coefficient (Wildman–Crippen LogP) is 5.83. The van der Waals surface area contributed by atoms with Crippen molar-refractivity contribution in [2.24, 2.45) is 0 Å². The lowest BCUT2D eigenvalue weighted by molar-refractivity contribution is -0.116. The predicted molar refractivity (Wildman–Crippen MR) is 116 cm³/mol. The summed E-state index contributed by atoms with van der Waals surface area (Å²) in [6, 6.07) is 12.8. The van der Waals surface area contributed by atoms with Crippen molar-refractivity contribution in [1.82, 2.24) is 0 Å². The van der Waals surface area contributed by atoms with Gasteiger partial charge < -0.3 is 10.1 Å². The second-order valence-electron chi connectivity index (χ2n) is 8.88. The highest BCUT2D eigenvalue weighted by Crippen LogP contribution is 2.32. The number of nitrogens with one attached hydrogen (secondary N) is 1. The number of fused-ring (bicyclic) bond motifs is 1. The molecule has 0 aliphatic heterocycles. The summed E-state index contributed by atoms with van der Waals surface area (Å²) in [6.45, 7) is 6.64. The molecule has 1 N–H and O–H groups in total. The molecule has 0 fully saturated rings. The number of hydrogen-bond acceptors (Lipinski definition) is 2. The van der Waals surface area contributed by atoms with Gasteiger partial charge in [0.05, 0.1) is 12.8 Å². The number of anilines is 1. The van der Waals surface area contributed by atoms with Crippen LogP contribution in [0.3, 0.4) is 0 Å². The van der Waals surface area contributed by atoms with Crippen LogP contribution in [0.25, 0.3) is 0 Å². The molecule has 28 heavy (non-hydrogen) atoms. The van der Waals surface area contributed by atoms with Gasteiger partial charge in [-0.3, -0.25) is 4.79 Å².